The Bertz CT molecular complexity index is 820. The first-order valence-electron chi connectivity index (χ1n) is 11.9. The van der Waals surface area contributed by atoms with Crippen LogP contribution in [0.25, 0.3) is 0 Å². The molecule has 1 aromatic rings. The van der Waals surface area contributed by atoms with E-state index in [1.54, 1.807) is 11.9 Å². The van der Waals surface area contributed by atoms with Crippen molar-refractivity contribution in [1.82, 2.24) is 9.62 Å². The summed E-state index contributed by atoms with van der Waals surface area (Å²) < 4.78 is 13.1. The van der Waals surface area contributed by atoms with Gasteiger partial charge in [0, 0.05) is 44.0 Å². The van der Waals surface area contributed by atoms with Gasteiger partial charge in [-0.1, -0.05) is 20.8 Å². The van der Waals surface area contributed by atoms with Crippen LogP contribution in [0.3, 0.4) is 0 Å². The van der Waals surface area contributed by atoms with E-state index in [4.69, 9.17) is 14.5 Å². The van der Waals surface area contributed by atoms with E-state index >= 15 is 0 Å². The second-order valence-electron chi connectivity index (χ2n) is 11.0. The van der Waals surface area contributed by atoms with Gasteiger partial charge in [-0.05, 0) is 75.1 Å². The van der Waals surface area contributed by atoms with E-state index < -0.39 is 5.60 Å². The van der Waals surface area contributed by atoms with Crippen LogP contribution in [0.1, 0.15) is 54.4 Å². The van der Waals surface area contributed by atoms with E-state index in [9.17, 15) is 4.79 Å². The molecule has 1 aromatic carbocycles. The number of hydrogen-bond acceptors (Lipinski definition) is 7. The molecule has 2 N–H and O–H groups in total. The van der Waals surface area contributed by atoms with Crippen molar-refractivity contribution < 1.29 is 14.3 Å². The minimum absolute atomic E-state index is 0.0130. The number of ether oxygens (including phenoxy) is 2. The summed E-state index contributed by atoms with van der Waals surface area (Å²) in [5, 5.41) is 6.56. The molecule has 0 atom stereocenters. The van der Waals surface area contributed by atoms with E-state index in [2.05, 4.69) is 53.9 Å². The fourth-order valence-electron chi connectivity index (χ4n) is 3.52. The van der Waals surface area contributed by atoms with Crippen LogP contribution in [0, 0.1) is 11.3 Å². The number of nitrogens with one attached hydrogen (secondary N) is 2. The molecule has 184 valence electrons. The van der Waals surface area contributed by atoms with Crippen LogP contribution in [-0.4, -0.2) is 61.1 Å². The number of anilines is 1. The van der Waals surface area contributed by atoms with Crippen molar-refractivity contribution in [2.75, 3.05) is 38.2 Å². The Morgan fingerprint density at radius 3 is 2.55 bits per heavy atom. The first-order chi connectivity index (χ1) is 15.5. The smallest absolute Gasteiger partial charge is 0.407 e. The van der Waals surface area contributed by atoms with Crippen LogP contribution < -0.4 is 10.6 Å². The number of carbonyl (C=O) groups excluding carboxylic acids is 1. The Hall–Kier alpha value is -1.77. The Kier molecular flexibility index (Phi) is 8.70. The minimum atomic E-state index is -0.479. The van der Waals surface area contributed by atoms with Gasteiger partial charge in [-0.15, -0.1) is 0 Å². The molecule has 0 aromatic heterocycles. The molecule has 2 fully saturated rings. The summed E-state index contributed by atoms with van der Waals surface area (Å²) in [4.78, 5) is 17.9. The van der Waals surface area contributed by atoms with Crippen LogP contribution in [0.5, 0.6) is 0 Å². The number of carbonyl (C=O) groups is 1. The van der Waals surface area contributed by atoms with Gasteiger partial charge in [0.2, 0.25) is 0 Å². The molecule has 7 nitrogen and oxygen atoms in total. The molecule has 3 rings (SSSR count). The molecular weight excluding hydrogens is 436 g/mol. The molecule has 2 aliphatic heterocycles. The van der Waals surface area contributed by atoms with Gasteiger partial charge < -0.3 is 20.1 Å². The predicted octanol–water partition coefficient (Wildman–Crippen LogP) is 5.49. The molecule has 0 radical (unpaired) electrons. The van der Waals surface area contributed by atoms with E-state index in [1.165, 1.54) is 0 Å². The minimum Gasteiger partial charge on any atom is -0.444 e. The summed E-state index contributed by atoms with van der Waals surface area (Å²) in [5.74, 6) is 0.641. The summed E-state index contributed by atoms with van der Waals surface area (Å²) in [6, 6.07) is 6.54. The van der Waals surface area contributed by atoms with Gasteiger partial charge in [-0.2, -0.15) is 0 Å². The Balaban J connectivity index is 1.57. The molecule has 8 heteroatoms. The monoisotopic (exact) mass is 476 g/mol. The molecule has 0 spiro atoms. The molecule has 0 unspecified atom stereocenters. The average Bonchev–Trinajstić information content (AvgIpc) is 2.68. The molecule has 2 saturated heterocycles. The normalized spacial score (nSPS) is 18.8. The SMILES string of the molecule is CC(C)(C)C=Nc1cc(SN2CC(NC(=O)OC(C)(C)C)C2)ccc1NCC1CCOCC1. The van der Waals surface area contributed by atoms with Crippen molar-refractivity contribution in [3.63, 3.8) is 0 Å². The van der Waals surface area contributed by atoms with Crippen LogP contribution in [0.4, 0.5) is 16.2 Å². The van der Waals surface area contributed by atoms with Crippen molar-refractivity contribution in [1.29, 1.82) is 0 Å². The maximum atomic E-state index is 11.9. The van der Waals surface area contributed by atoms with Crippen molar-refractivity contribution >= 4 is 35.6 Å². The molecule has 1 amide bonds. The fraction of sp³-hybridized carbons (Fsp3) is 0.680. The Morgan fingerprint density at radius 1 is 1.21 bits per heavy atom. The van der Waals surface area contributed by atoms with E-state index in [0.717, 1.165) is 62.0 Å². The molecule has 2 aliphatic rings. The zero-order valence-electron chi connectivity index (χ0n) is 20.9. The second-order valence-corrected chi connectivity index (χ2v) is 12.2. The summed E-state index contributed by atoms with van der Waals surface area (Å²) in [7, 11) is 0. The quantitative estimate of drug-likeness (QED) is 0.400. The van der Waals surface area contributed by atoms with Crippen molar-refractivity contribution in [3.05, 3.63) is 18.2 Å². The number of benzene rings is 1. The first-order valence-corrected chi connectivity index (χ1v) is 12.7. The van der Waals surface area contributed by atoms with Crippen LogP contribution in [-0.2, 0) is 9.47 Å². The first kappa shape index (κ1) is 25.8. The van der Waals surface area contributed by atoms with Crippen LogP contribution >= 0.6 is 11.9 Å². The zero-order chi connectivity index (χ0) is 24.1. The Morgan fingerprint density at radius 2 is 1.91 bits per heavy atom. The lowest BCUT2D eigenvalue weighted by molar-refractivity contribution is 0.0464. The molecule has 33 heavy (non-hydrogen) atoms. The lowest BCUT2D eigenvalue weighted by atomic mass is 9.99. The number of nitrogens with zero attached hydrogens (tertiary/aromatic N) is 2. The highest BCUT2D eigenvalue weighted by atomic mass is 32.2. The maximum Gasteiger partial charge on any atom is 0.407 e. The van der Waals surface area contributed by atoms with Crippen LogP contribution in [0.2, 0.25) is 0 Å². The van der Waals surface area contributed by atoms with Gasteiger partial charge in [0.05, 0.1) is 17.4 Å². The van der Waals surface area contributed by atoms with Crippen LogP contribution in [0.15, 0.2) is 28.1 Å². The summed E-state index contributed by atoms with van der Waals surface area (Å²) in [6.07, 6.45) is 3.88. The second kappa shape index (κ2) is 11.1. The van der Waals surface area contributed by atoms with Gasteiger partial charge in [0.25, 0.3) is 0 Å². The van der Waals surface area contributed by atoms with Gasteiger partial charge >= 0.3 is 6.09 Å². The summed E-state index contributed by atoms with van der Waals surface area (Å²) in [6.45, 7) is 16.3. The van der Waals surface area contributed by atoms with Gasteiger partial charge in [-0.3, -0.25) is 4.99 Å². The fourth-order valence-corrected chi connectivity index (χ4v) is 4.62. The number of rotatable bonds is 7. The van der Waals surface area contributed by atoms with E-state index in [0.29, 0.717) is 5.92 Å². The third kappa shape index (κ3) is 9.18. The largest absolute Gasteiger partial charge is 0.444 e. The molecular formula is C25H40N4O3S. The molecule has 0 saturated carbocycles. The predicted molar refractivity (Wildman–Crippen MR) is 137 cm³/mol. The van der Waals surface area contributed by atoms with Gasteiger partial charge in [0.1, 0.15) is 5.60 Å². The van der Waals surface area contributed by atoms with Crippen molar-refractivity contribution in [2.24, 2.45) is 16.3 Å². The lowest BCUT2D eigenvalue weighted by Crippen LogP contribution is -2.57. The average molecular weight is 477 g/mol. The molecule has 2 heterocycles. The van der Waals surface area contributed by atoms with Crippen molar-refractivity contribution in [2.45, 2.75) is 70.9 Å². The Labute approximate surface area is 203 Å². The number of aliphatic imine (C=N–C) groups is 1. The summed E-state index contributed by atoms with van der Waals surface area (Å²) >= 11 is 1.70. The zero-order valence-corrected chi connectivity index (χ0v) is 21.8. The lowest BCUT2D eigenvalue weighted by Gasteiger charge is -2.38. The highest BCUT2D eigenvalue weighted by molar-refractivity contribution is 7.97. The highest BCUT2D eigenvalue weighted by Crippen LogP contribution is 2.35. The van der Waals surface area contributed by atoms with Crippen molar-refractivity contribution in [3.8, 4) is 0 Å². The molecule has 0 bridgehead atoms. The van der Waals surface area contributed by atoms with Gasteiger partial charge in [0.15, 0.2) is 0 Å². The van der Waals surface area contributed by atoms with Gasteiger partial charge in [-0.25, -0.2) is 9.10 Å². The number of amides is 1. The third-order valence-corrected chi connectivity index (χ3v) is 6.31. The number of hydrogen-bond donors (Lipinski definition) is 2. The summed E-state index contributed by atoms with van der Waals surface area (Å²) in [5.41, 5.74) is 1.57. The topological polar surface area (TPSA) is 75.2 Å². The molecule has 0 aliphatic carbocycles. The van der Waals surface area contributed by atoms with E-state index in [-0.39, 0.29) is 17.6 Å². The standard InChI is InChI=1S/C25H40N4O3S/c1-24(2,3)17-27-22-13-20(7-8-21(22)26-14-18-9-11-31-12-10-18)33-29-15-19(16-29)28-23(30)32-25(4,5)6/h7-8,13,17-19,26H,9-12,14-16H2,1-6H3,(H,28,30). The highest BCUT2D eigenvalue weighted by Gasteiger charge is 2.30. The van der Waals surface area contributed by atoms with E-state index in [1.807, 2.05) is 27.0 Å². The maximum absolute atomic E-state index is 11.9. The number of alkyl carbamates (subject to hydrolysis) is 1. The third-order valence-electron chi connectivity index (χ3n) is 5.29.